The van der Waals surface area contributed by atoms with Crippen LogP contribution in [0.2, 0.25) is 0 Å². The van der Waals surface area contributed by atoms with Crippen LogP contribution in [0, 0.1) is 0 Å². The van der Waals surface area contributed by atoms with Gasteiger partial charge < -0.3 is 11.0 Å². The molecule has 3 aromatic rings. The van der Waals surface area contributed by atoms with E-state index in [4.69, 9.17) is 7.85 Å². The van der Waals surface area contributed by atoms with Gasteiger partial charge in [-0.05, 0) is 0 Å². The minimum Gasteiger partial charge on any atom is -0.870 e. The van der Waals surface area contributed by atoms with Gasteiger partial charge in [-0.25, -0.2) is 0 Å². The van der Waals surface area contributed by atoms with E-state index < -0.39 is 0 Å². The zero-order valence-electron chi connectivity index (χ0n) is 12.0. The molecule has 22 heavy (non-hydrogen) atoms. The molecule has 0 fully saturated rings. The zero-order valence-corrected chi connectivity index (χ0v) is 12.0. The number of benzene rings is 3. The van der Waals surface area contributed by atoms with Crippen molar-refractivity contribution in [3.63, 3.8) is 0 Å². The Balaban J connectivity index is 0.000000882. The molecule has 0 aliphatic heterocycles. The molecule has 0 unspecified atom stereocenters. The van der Waals surface area contributed by atoms with Gasteiger partial charge in [0.2, 0.25) is 0 Å². The van der Waals surface area contributed by atoms with Gasteiger partial charge in [0.25, 0.3) is 0 Å². The second-order valence-corrected chi connectivity index (χ2v) is 5.25. The standard InChI is InChI=1S/C19H13B.2H2O/c20-19-11-4-3-8-17(19)16-10-5-9-15-14-7-2-1-6-13(14)12-18(15)16;;/h1-11H,12H2;2*1H2/q+2;;/p-2. The summed E-state index contributed by atoms with van der Waals surface area (Å²) in [5.41, 5.74) is 8.75. The molecule has 3 aromatic carbocycles. The Morgan fingerprint density at radius 3 is 1.86 bits per heavy atom. The normalized spacial score (nSPS) is 11.0. The first-order valence-electron chi connectivity index (χ1n) is 6.89. The molecule has 0 radical (unpaired) electrons. The molecule has 3 heteroatoms. The molecule has 0 atom stereocenters. The fourth-order valence-electron chi connectivity index (χ4n) is 3.15. The van der Waals surface area contributed by atoms with Crippen molar-refractivity contribution < 1.29 is 11.0 Å². The van der Waals surface area contributed by atoms with Gasteiger partial charge in [0.05, 0.1) is 0 Å². The predicted molar refractivity (Wildman–Crippen MR) is 89.4 cm³/mol. The van der Waals surface area contributed by atoms with E-state index in [9.17, 15) is 0 Å². The summed E-state index contributed by atoms with van der Waals surface area (Å²) in [5, 5.41) is 0. The molecule has 4 rings (SSSR count). The number of rotatable bonds is 1. The largest absolute Gasteiger partial charge is 0.870 e. The maximum Gasteiger partial charge on any atom is -0.870 e. The molecule has 1 aliphatic carbocycles. The van der Waals surface area contributed by atoms with Crippen LogP contribution >= 0.6 is 0 Å². The van der Waals surface area contributed by atoms with Gasteiger partial charge in [0, 0.05) is 0 Å². The van der Waals surface area contributed by atoms with E-state index in [1.54, 1.807) is 0 Å². The van der Waals surface area contributed by atoms with E-state index in [0.29, 0.717) is 0 Å². The SMILES string of the molecule is [B+2]c1ccccc1-c1cccc2c1Cc1ccccc1-2.[OH-].[OH-]. The maximum absolute atomic E-state index is 6.15. The quantitative estimate of drug-likeness (QED) is 0.504. The molecule has 0 saturated carbocycles. The molecular weight excluding hydrogens is 271 g/mol. The Labute approximate surface area is 131 Å². The molecular formula is C19H15BO2. The van der Waals surface area contributed by atoms with Gasteiger partial charge in [-0.3, -0.25) is 0 Å². The first-order chi connectivity index (χ1) is 9.84. The van der Waals surface area contributed by atoms with Crippen molar-refractivity contribution in [1.82, 2.24) is 0 Å². The van der Waals surface area contributed by atoms with Gasteiger partial charge in [0.15, 0.2) is 0 Å². The molecule has 0 bridgehead atoms. The third-order valence-electron chi connectivity index (χ3n) is 4.10. The van der Waals surface area contributed by atoms with Gasteiger partial charge in [-0.1, -0.05) is 0 Å². The smallest absolute Gasteiger partial charge is 0.870 e. The van der Waals surface area contributed by atoms with Crippen molar-refractivity contribution in [1.29, 1.82) is 0 Å². The first-order valence-corrected chi connectivity index (χ1v) is 6.89. The summed E-state index contributed by atoms with van der Waals surface area (Å²) < 4.78 is 0. The van der Waals surface area contributed by atoms with E-state index in [-0.39, 0.29) is 11.0 Å². The average molecular weight is 286 g/mol. The summed E-state index contributed by atoms with van der Waals surface area (Å²) in [6, 6.07) is 23.3. The van der Waals surface area contributed by atoms with Crippen LogP contribution in [-0.2, 0) is 6.42 Å². The molecule has 0 heterocycles. The summed E-state index contributed by atoms with van der Waals surface area (Å²) in [4.78, 5) is 0. The predicted octanol–water partition coefficient (Wildman–Crippen LogP) is 3.37. The average Bonchev–Trinajstić information content (AvgIpc) is 2.86. The van der Waals surface area contributed by atoms with Gasteiger partial charge in [-0.2, -0.15) is 0 Å². The minimum absolute atomic E-state index is 0. The Hall–Kier alpha value is -2.36. The third-order valence-corrected chi connectivity index (χ3v) is 4.10. The van der Waals surface area contributed by atoms with Crippen LogP contribution < -0.4 is 5.46 Å². The first kappa shape index (κ1) is 16.0. The summed E-state index contributed by atoms with van der Waals surface area (Å²) in [6.07, 6.45) is 0.996. The molecule has 0 saturated heterocycles. The van der Waals surface area contributed by atoms with Crippen molar-refractivity contribution in [3.05, 3.63) is 77.9 Å². The Morgan fingerprint density at radius 2 is 1.14 bits per heavy atom. The number of hydrogen-bond acceptors (Lipinski definition) is 2. The van der Waals surface area contributed by atoms with Crippen LogP contribution in [0.5, 0.6) is 0 Å². The molecule has 0 amide bonds. The molecule has 0 aromatic heterocycles. The van der Waals surface area contributed by atoms with Crippen molar-refractivity contribution >= 4 is 13.3 Å². The van der Waals surface area contributed by atoms with Crippen LogP contribution in [0.15, 0.2) is 66.7 Å². The summed E-state index contributed by atoms with van der Waals surface area (Å²) in [6.45, 7) is 0. The summed E-state index contributed by atoms with van der Waals surface area (Å²) in [7, 11) is 6.15. The van der Waals surface area contributed by atoms with Crippen LogP contribution in [0.3, 0.4) is 0 Å². The van der Waals surface area contributed by atoms with Gasteiger partial charge >= 0.3 is 120 Å². The Morgan fingerprint density at radius 1 is 0.591 bits per heavy atom. The van der Waals surface area contributed by atoms with Crippen molar-refractivity contribution in [2.24, 2.45) is 0 Å². The zero-order chi connectivity index (χ0) is 13.5. The van der Waals surface area contributed by atoms with Crippen molar-refractivity contribution in [3.8, 4) is 22.3 Å². The van der Waals surface area contributed by atoms with E-state index in [2.05, 4.69) is 48.5 Å². The van der Waals surface area contributed by atoms with Crippen molar-refractivity contribution in [2.75, 3.05) is 0 Å². The van der Waals surface area contributed by atoms with E-state index in [1.807, 2.05) is 18.2 Å². The molecule has 106 valence electrons. The monoisotopic (exact) mass is 286 g/mol. The summed E-state index contributed by atoms with van der Waals surface area (Å²) >= 11 is 0. The number of hydrogen-bond donors (Lipinski definition) is 0. The number of fused-ring (bicyclic) bond motifs is 3. The Bertz CT molecular complexity index is 812. The third kappa shape index (κ3) is 2.35. The molecule has 2 N–H and O–H groups in total. The van der Waals surface area contributed by atoms with Crippen molar-refractivity contribution in [2.45, 2.75) is 6.42 Å². The van der Waals surface area contributed by atoms with E-state index >= 15 is 0 Å². The second-order valence-electron chi connectivity index (χ2n) is 5.25. The van der Waals surface area contributed by atoms with E-state index in [0.717, 1.165) is 17.4 Å². The van der Waals surface area contributed by atoms with Gasteiger partial charge in [-0.15, -0.1) is 0 Å². The molecule has 2 nitrogen and oxygen atoms in total. The molecule has 1 aliphatic rings. The maximum atomic E-state index is 6.15. The van der Waals surface area contributed by atoms with Crippen LogP contribution in [0.1, 0.15) is 11.1 Å². The Kier molecular flexibility index (Phi) is 4.50. The van der Waals surface area contributed by atoms with Gasteiger partial charge in [0.1, 0.15) is 0 Å². The van der Waals surface area contributed by atoms with E-state index in [1.165, 1.54) is 27.8 Å². The molecule has 0 spiro atoms. The second kappa shape index (κ2) is 6.18. The fraction of sp³-hybridized carbons (Fsp3) is 0.0526. The van der Waals surface area contributed by atoms with Crippen LogP contribution in [-0.4, -0.2) is 18.8 Å². The fourth-order valence-corrected chi connectivity index (χ4v) is 3.15. The summed E-state index contributed by atoms with van der Waals surface area (Å²) in [5.74, 6) is 0. The topological polar surface area (TPSA) is 60.0 Å². The van der Waals surface area contributed by atoms with Crippen LogP contribution in [0.4, 0.5) is 0 Å². The van der Waals surface area contributed by atoms with Crippen LogP contribution in [0.25, 0.3) is 22.3 Å². The minimum atomic E-state index is 0.